The minimum absolute atomic E-state index is 0.0148. The van der Waals surface area contributed by atoms with Crippen LogP contribution >= 0.6 is 11.6 Å². The van der Waals surface area contributed by atoms with Gasteiger partial charge in [-0.3, -0.25) is 13.9 Å². The number of rotatable bonds is 10. The zero-order valence-corrected chi connectivity index (χ0v) is 22.3. The van der Waals surface area contributed by atoms with Gasteiger partial charge in [0.15, 0.2) is 0 Å². The number of halogens is 2. The maximum Gasteiger partial charge on any atom is 0.242 e. The van der Waals surface area contributed by atoms with E-state index >= 15 is 0 Å². The SMILES string of the molecule is C[C@@H](C(=O)NC(C)(C)C)N(Cc1ccc(F)cc1)C(=O)CCCN(c1cccc(Cl)c1)S(C)(=O)=O. The Kier molecular flexibility index (Phi) is 9.68. The Labute approximate surface area is 212 Å². The van der Waals surface area contributed by atoms with Crippen molar-refractivity contribution < 1.29 is 22.4 Å². The zero-order chi connectivity index (χ0) is 26.4. The van der Waals surface area contributed by atoms with E-state index in [1.54, 1.807) is 43.3 Å². The number of anilines is 1. The fourth-order valence-electron chi connectivity index (χ4n) is 3.48. The summed E-state index contributed by atoms with van der Waals surface area (Å²) in [5.74, 6) is -1.03. The Morgan fingerprint density at radius 2 is 1.74 bits per heavy atom. The normalized spacial score (nSPS) is 12.7. The third-order valence-electron chi connectivity index (χ3n) is 5.18. The number of hydrogen-bond donors (Lipinski definition) is 1. The Morgan fingerprint density at radius 1 is 1.11 bits per heavy atom. The minimum atomic E-state index is -3.61. The summed E-state index contributed by atoms with van der Waals surface area (Å²) in [5, 5.41) is 3.28. The van der Waals surface area contributed by atoms with Crippen molar-refractivity contribution in [3.8, 4) is 0 Å². The molecule has 0 fully saturated rings. The molecule has 0 heterocycles. The van der Waals surface area contributed by atoms with Crippen molar-refractivity contribution in [3.05, 3.63) is 64.9 Å². The Bertz CT molecular complexity index is 1130. The van der Waals surface area contributed by atoms with E-state index < -0.39 is 27.4 Å². The van der Waals surface area contributed by atoms with Crippen molar-refractivity contribution >= 4 is 39.1 Å². The quantitative estimate of drug-likeness (QED) is 0.499. The second-order valence-corrected chi connectivity index (χ2v) is 11.8. The Hall–Kier alpha value is -2.65. The molecule has 0 spiro atoms. The van der Waals surface area contributed by atoms with Crippen LogP contribution in [0.15, 0.2) is 48.5 Å². The standard InChI is InChI=1S/C25H33ClFN3O4S/c1-18(24(32)28-25(2,3)4)29(17-19-11-13-21(27)14-12-19)23(31)10-7-15-30(35(5,33)34)22-9-6-8-20(26)16-22/h6,8-9,11-14,16,18H,7,10,15,17H2,1-5H3,(H,28,32)/t18-/m0/s1. The van der Waals surface area contributed by atoms with Gasteiger partial charge in [-0.1, -0.05) is 29.8 Å². The predicted octanol–water partition coefficient (Wildman–Crippen LogP) is 4.36. The fraction of sp³-hybridized carbons (Fsp3) is 0.440. The number of carbonyl (C=O) groups is 2. The number of carbonyl (C=O) groups excluding carboxylic acids is 2. The molecule has 0 unspecified atom stereocenters. The molecule has 0 aliphatic rings. The maximum absolute atomic E-state index is 13.4. The molecule has 2 aromatic carbocycles. The molecule has 0 radical (unpaired) electrons. The summed E-state index contributed by atoms with van der Waals surface area (Å²) in [6.07, 6.45) is 1.34. The summed E-state index contributed by atoms with van der Waals surface area (Å²) in [6, 6.07) is 11.4. The highest BCUT2D eigenvalue weighted by Crippen LogP contribution is 2.22. The Morgan fingerprint density at radius 3 is 2.29 bits per heavy atom. The number of nitrogens with one attached hydrogen (secondary N) is 1. The van der Waals surface area contributed by atoms with Crippen molar-refractivity contribution in [3.63, 3.8) is 0 Å². The first-order chi connectivity index (χ1) is 16.2. The third kappa shape index (κ3) is 9.14. The molecule has 35 heavy (non-hydrogen) atoms. The van der Waals surface area contributed by atoms with Crippen molar-refractivity contribution in [1.82, 2.24) is 10.2 Å². The monoisotopic (exact) mass is 525 g/mol. The van der Waals surface area contributed by atoms with E-state index in [0.29, 0.717) is 16.3 Å². The lowest BCUT2D eigenvalue weighted by atomic mass is 10.1. The first-order valence-electron chi connectivity index (χ1n) is 11.3. The molecular weight excluding hydrogens is 493 g/mol. The first-order valence-corrected chi connectivity index (χ1v) is 13.5. The van der Waals surface area contributed by atoms with Crippen LogP contribution in [-0.2, 0) is 26.2 Å². The van der Waals surface area contributed by atoms with Gasteiger partial charge in [-0.05, 0) is 70.0 Å². The van der Waals surface area contributed by atoms with Crippen LogP contribution in [0.1, 0.15) is 46.1 Å². The molecule has 0 aliphatic carbocycles. The molecule has 0 aliphatic heterocycles. The van der Waals surface area contributed by atoms with Crippen LogP contribution in [0.4, 0.5) is 10.1 Å². The second kappa shape index (κ2) is 11.9. The minimum Gasteiger partial charge on any atom is -0.350 e. The molecular formula is C25H33ClFN3O4S. The largest absolute Gasteiger partial charge is 0.350 e. The third-order valence-corrected chi connectivity index (χ3v) is 6.61. The molecule has 2 aromatic rings. The maximum atomic E-state index is 13.4. The van der Waals surface area contributed by atoms with Crippen LogP contribution in [0.2, 0.25) is 5.02 Å². The number of hydrogen-bond acceptors (Lipinski definition) is 4. The van der Waals surface area contributed by atoms with E-state index in [9.17, 15) is 22.4 Å². The van der Waals surface area contributed by atoms with Crippen LogP contribution in [-0.4, -0.2) is 49.5 Å². The zero-order valence-electron chi connectivity index (χ0n) is 20.7. The average Bonchev–Trinajstić information content (AvgIpc) is 2.73. The van der Waals surface area contributed by atoms with E-state index in [1.807, 2.05) is 20.8 Å². The topological polar surface area (TPSA) is 86.8 Å². The predicted molar refractivity (Wildman–Crippen MR) is 137 cm³/mol. The van der Waals surface area contributed by atoms with Gasteiger partial charge < -0.3 is 10.2 Å². The molecule has 0 saturated carbocycles. The number of nitrogens with zero attached hydrogens (tertiary/aromatic N) is 2. The van der Waals surface area contributed by atoms with Gasteiger partial charge in [0.2, 0.25) is 21.8 Å². The van der Waals surface area contributed by atoms with Crippen LogP contribution in [0, 0.1) is 5.82 Å². The van der Waals surface area contributed by atoms with Gasteiger partial charge in [-0.25, -0.2) is 12.8 Å². The van der Waals surface area contributed by atoms with Crippen LogP contribution in [0.3, 0.4) is 0 Å². The molecule has 192 valence electrons. The van der Waals surface area contributed by atoms with E-state index in [1.165, 1.54) is 21.3 Å². The number of amides is 2. The number of benzene rings is 2. The van der Waals surface area contributed by atoms with E-state index in [-0.39, 0.29) is 37.7 Å². The van der Waals surface area contributed by atoms with Gasteiger partial charge in [0, 0.05) is 30.1 Å². The number of sulfonamides is 1. The van der Waals surface area contributed by atoms with Crippen LogP contribution in [0.5, 0.6) is 0 Å². The summed E-state index contributed by atoms with van der Waals surface area (Å²) in [7, 11) is -3.61. The average molecular weight is 526 g/mol. The summed E-state index contributed by atoms with van der Waals surface area (Å²) < 4.78 is 39.3. The van der Waals surface area contributed by atoms with Crippen molar-refractivity contribution in [2.24, 2.45) is 0 Å². The van der Waals surface area contributed by atoms with Gasteiger partial charge >= 0.3 is 0 Å². The van der Waals surface area contributed by atoms with Gasteiger partial charge in [0.1, 0.15) is 11.9 Å². The van der Waals surface area contributed by atoms with Crippen molar-refractivity contribution in [1.29, 1.82) is 0 Å². The molecule has 10 heteroatoms. The van der Waals surface area contributed by atoms with Gasteiger partial charge in [0.05, 0.1) is 11.9 Å². The smallest absolute Gasteiger partial charge is 0.242 e. The van der Waals surface area contributed by atoms with E-state index in [4.69, 9.17) is 11.6 Å². The molecule has 1 atom stereocenters. The summed E-state index contributed by atoms with van der Waals surface area (Å²) in [4.78, 5) is 27.5. The lowest BCUT2D eigenvalue weighted by molar-refractivity contribution is -0.141. The summed E-state index contributed by atoms with van der Waals surface area (Å²) >= 11 is 6.02. The highest BCUT2D eigenvalue weighted by atomic mass is 35.5. The van der Waals surface area contributed by atoms with E-state index in [0.717, 1.165) is 6.26 Å². The van der Waals surface area contributed by atoms with Gasteiger partial charge in [0.25, 0.3) is 0 Å². The molecule has 1 N–H and O–H groups in total. The molecule has 0 bridgehead atoms. The van der Waals surface area contributed by atoms with Crippen molar-refractivity contribution in [2.45, 2.75) is 58.7 Å². The molecule has 0 saturated heterocycles. The van der Waals surface area contributed by atoms with Gasteiger partial charge in [-0.2, -0.15) is 0 Å². The molecule has 2 rings (SSSR count). The molecule has 0 aromatic heterocycles. The van der Waals surface area contributed by atoms with E-state index in [2.05, 4.69) is 5.32 Å². The fourth-order valence-corrected chi connectivity index (χ4v) is 4.62. The van der Waals surface area contributed by atoms with Crippen LogP contribution in [0.25, 0.3) is 0 Å². The first kappa shape index (κ1) is 28.6. The molecule has 2 amide bonds. The summed E-state index contributed by atoms with van der Waals surface area (Å²) in [5.41, 5.74) is 0.600. The van der Waals surface area contributed by atoms with Crippen molar-refractivity contribution in [2.75, 3.05) is 17.1 Å². The lowest BCUT2D eigenvalue weighted by Crippen LogP contribution is -2.52. The highest BCUT2D eigenvalue weighted by Gasteiger charge is 2.28. The van der Waals surface area contributed by atoms with Gasteiger partial charge in [-0.15, -0.1) is 0 Å². The molecule has 7 nitrogen and oxygen atoms in total. The second-order valence-electron chi connectivity index (χ2n) is 9.48. The highest BCUT2D eigenvalue weighted by molar-refractivity contribution is 7.92. The van der Waals surface area contributed by atoms with Crippen LogP contribution < -0.4 is 9.62 Å². The lowest BCUT2D eigenvalue weighted by Gasteiger charge is -2.32. The Balaban J connectivity index is 2.18. The summed E-state index contributed by atoms with van der Waals surface area (Å²) in [6.45, 7) is 7.36.